The van der Waals surface area contributed by atoms with Crippen LogP contribution in [0.3, 0.4) is 0 Å². The highest BCUT2D eigenvalue weighted by atomic mass is 16.3. The second kappa shape index (κ2) is 5.20. The van der Waals surface area contributed by atoms with E-state index in [9.17, 15) is 9.90 Å². The number of fused-ring (bicyclic) bond motifs is 1. The number of hydrogen-bond acceptors (Lipinski definition) is 2. The van der Waals surface area contributed by atoms with Crippen LogP contribution in [0.15, 0.2) is 53.5 Å². The normalized spacial score (nSPS) is 13.1. The Morgan fingerprint density at radius 1 is 0.875 bits per heavy atom. The Kier molecular flexibility index (Phi) is 3.13. The van der Waals surface area contributed by atoms with Gasteiger partial charge in [0.05, 0.1) is 16.5 Å². The van der Waals surface area contributed by atoms with Gasteiger partial charge in [0.15, 0.2) is 5.88 Å². The third-order valence-corrected chi connectivity index (χ3v) is 4.31. The highest BCUT2D eigenvalue weighted by Gasteiger charge is 2.24. The standard InChI is InChI=1S/C20H16N2O2/c1-11-3-7-13(8-4-11)15-17-18(22-19(15)23)16(20(24)21-17)14-9-5-12(2)6-10-14/h3-10,21,24H,1-2H3. The molecule has 0 unspecified atom stereocenters. The molecule has 118 valence electrons. The Labute approximate surface area is 138 Å². The molecule has 0 saturated carbocycles. The van der Waals surface area contributed by atoms with Gasteiger partial charge in [0, 0.05) is 0 Å². The number of nitrogens with one attached hydrogen (secondary N) is 1. The number of amides is 1. The summed E-state index contributed by atoms with van der Waals surface area (Å²) in [6.07, 6.45) is 0. The molecule has 1 aromatic heterocycles. The molecule has 4 heteroatoms. The van der Waals surface area contributed by atoms with Gasteiger partial charge in [-0.1, -0.05) is 59.7 Å². The first-order valence-electron chi connectivity index (χ1n) is 7.77. The van der Waals surface area contributed by atoms with E-state index in [0.717, 1.165) is 22.3 Å². The fourth-order valence-electron chi connectivity index (χ4n) is 3.02. The van der Waals surface area contributed by atoms with Crippen LogP contribution in [0.2, 0.25) is 0 Å². The third kappa shape index (κ3) is 2.15. The molecule has 1 aliphatic rings. The van der Waals surface area contributed by atoms with Crippen LogP contribution in [0.25, 0.3) is 16.7 Å². The molecule has 0 spiro atoms. The Bertz CT molecular complexity index is 1070. The quantitative estimate of drug-likeness (QED) is 0.762. The number of carbonyl (C=O) groups is 1. The maximum atomic E-state index is 12.4. The summed E-state index contributed by atoms with van der Waals surface area (Å²) in [5, 5.41) is 11.4. The lowest BCUT2D eigenvalue weighted by atomic mass is 10.0. The lowest BCUT2D eigenvalue weighted by Crippen LogP contribution is -2.22. The number of nitrogens with zero attached hydrogens (tertiary/aromatic N) is 1. The zero-order valence-electron chi connectivity index (χ0n) is 13.4. The van der Waals surface area contributed by atoms with Crippen LogP contribution in [-0.4, -0.2) is 16.0 Å². The minimum absolute atomic E-state index is 0.0321. The molecular formula is C20H16N2O2. The van der Waals surface area contributed by atoms with E-state index in [1.54, 1.807) is 0 Å². The molecule has 2 aromatic carbocycles. The SMILES string of the molecule is Cc1ccc(C2=c3[nH]c(O)c(-c4ccc(C)cc4)c3=NC2=O)cc1. The van der Waals surface area contributed by atoms with E-state index in [2.05, 4.69) is 9.98 Å². The molecular weight excluding hydrogens is 300 g/mol. The number of aryl methyl sites for hydroxylation is 2. The van der Waals surface area contributed by atoms with Crippen LogP contribution in [0.1, 0.15) is 16.7 Å². The Morgan fingerprint density at radius 2 is 1.42 bits per heavy atom. The van der Waals surface area contributed by atoms with E-state index in [1.165, 1.54) is 0 Å². The summed E-state index contributed by atoms with van der Waals surface area (Å²) in [6, 6.07) is 15.5. The lowest BCUT2D eigenvalue weighted by molar-refractivity contribution is -0.112. The summed E-state index contributed by atoms with van der Waals surface area (Å²) < 4.78 is 0. The predicted octanol–water partition coefficient (Wildman–Crippen LogP) is 2.36. The van der Waals surface area contributed by atoms with E-state index in [-0.39, 0.29) is 11.8 Å². The molecule has 2 N–H and O–H groups in total. The Balaban J connectivity index is 1.99. The Morgan fingerprint density at radius 3 is 2.00 bits per heavy atom. The maximum Gasteiger partial charge on any atom is 0.280 e. The van der Waals surface area contributed by atoms with Crippen LogP contribution in [0.4, 0.5) is 0 Å². The molecule has 24 heavy (non-hydrogen) atoms. The van der Waals surface area contributed by atoms with Gasteiger partial charge in [-0.25, -0.2) is 4.99 Å². The number of H-pyrrole nitrogens is 1. The van der Waals surface area contributed by atoms with Gasteiger partial charge >= 0.3 is 0 Å². The van der Waals surface area contributed by atoms with Gasteiger partial charge in [-0.2, -0.15) is 0 Å². The van der Waals surface area contributed by atoms with Crippen LogP contribution in [0, 0.1) is 13.8 Å². The zero-order chi connectivity index (χ0) is 16.8. The molecule has 1 amide bonds. The number of carbonyl (C=O) groups excluding carboxylic acids is 1. The number of aromatic nitrogens is 1. The van der Waals surface area contributed by atoms with E-state index >= 15 is 0 Å². The van der Waals surface area contributed by atoms with Gasteiger partial charge in [-0.3, -0.25) is 4.79 Å². The highest BCUT2D eigenvalue weighted by Crippen LogP contribution is 2.25. The second-order valence-electron chi connectivity index (χ2n) is 6.10. The molecule has 0 saturated heterocycles. The molecule has 0 fully saturated rings. The number of aromatic hydroxyl groups is 1. The van der Waals surface area contributed by atoms with Crippen molar-refractivity contribution in [3.8, 4) is 17.0 Å². The van der Waals surface area contributed by atoms with Crippen molar-refractivity contribution in [1.82, 2.24) is 4.98 Å². The van der Waals surface area contributed by atoms with Crippen LogP contribution >= 0.6 is 0 Å². The van der Waals surface area contributed by atoms with E-state index in [4.69, 9.17) is 0 Å². The number of hydrogen-bond donors (Lipinski definition) is 2. The van der Waals surface area contributed by atoms with Crippen molar-refractivity contribution in [2.75, 3.05) is 0 Å². The average molecular weight is 316 g/mol. The fourth-order valence-corrected chi connectivity index (χ4v) is 3.02. The van der Waals surface area contributed by atoms with Gasteiger partial charge in [-0.15, -0.1) is 0 Å². The van der Waals surface area contributed by atoms with Gasteiger partial charge in [0.25, 0.3) is 5.91 Å². The summed E-state index contributed by atoms with van der Waals surface area (Å²) in [5.41, 5.74) is 4.95. The summed E-state index contributed by atoms with van der Waals surface area (Å²) in [5.74, 6) is -0.252. The van der Waals surface area contributed by atoms with Crippen LogP contribution in [-0.2, 0) is 4.79 Å². The van der Waals surface area contributed by atoms with Crippen molar-refractivity contribution < 1.29 is 9.90 Å². The van der Waals surface area contributed by atoms with Gasteiger partial charge in [0.2, 0.25) is 0 Å². The minimum Gasteiger partial charge on any atom is -0.494 e. The van der Waals surface area contributed by atoms with Crippen LogP contribution in [0.5, 0.6) is 5.88 Å². The summed E-state index contributed by atoms with van der Waals surface area (Å²) in [4.78, 5) is 19.5. The van der Waals surface area contributed by atoms with Crippen LogP contribution < -0.4 is 10.7 Å². The monoisotopic (exact) mass is 316 g/mol. The van der Waals surface area contributed by atoms with E-state index in [1.807, 2.05) is 62.4 Å². The molecule has 2 heterocycles. The lowest BCUT2D eigenvalue weighted by Gasteiger charge is -2.01. The summed E-state index contributed by atoms with van der Waals surface area (Å²) in [7, 11) is 0. The topological polar surface area (TPSA) is 65.4 Å². The van der Waals surface area contributed by atoms with Gasteiger partial charge < -0.3 is 10.1 Å². The second-order valence-corrected chi connectivity index (χ2v) is 6.10. The average Bonchev–Trinajstić information content (AvgIpc) is 3.02. The molecule has 0 radical (unpaired) electrons. The summed E-state index contributed by atoms with van der Waals surface area (Å²) >= 11 is 0. The Hall–Kier alpha value is -3.14. The summed E-state index contributed by atoms with van der Waals surface area (Å²) in [6.45, 7) is 4.00. The molecule has 0 aliphatic carbocycles. The molecule has 4 rings (SSSR count). The highest BCUT2D eigenvalue weighted by molar-refractivity contribution is 6.21. The van der Waals surface area contributed by atoms with Crippen molar-refractivity contribution >= 4 is 11.5 Å². The molecule has 1 aliphatic heterocycles. The molecule has 0 bridgehead atoms. The van der Waals surface area contributed by atoms with Crippen molar-refractivity contribution in [3.63, 3.8) is 0 Å². The van der Waals surface area contributed by atoms with E-state index < -0.39 is 0 Å². The molecule has 3 aromatic rings. The molecule has 0 atom stereocenters. The minimum atomic E-state index is -0.284. The predicted molar refractivity (Wildman–Crippen MR) is 92.1 cm³/mol. The largest absolute Gasteiger partial charge is 0.494 e. The first kappa shape index (κ1) is 14.5. The van der Waals surface area contributed by atoms with Gasteiger partial charge in [0.1, 0.15) is 5.36 Å². The molecule has 4 nitrogen and oxygen atoms in total. The van der Waals surface area contributed by atoms with Crippen molar-refractivity contribution in [1.29, 1.82) is 0 Å². The fraction of sp³-hybridized carbons (Fsp3) is 0.100. The smallest absolute Gasteiger partial charge is 0.280 e. The van der Waals surface area contributed by atoms with Crippen molar-refractivity contribution in [2.45, 2.75) is 13.8 Å². The number of aromatic amines is 1. The first-order valence-corrected chi connectivity index (χ1v) is 7.77. The zero-order valence-corrected chi connectivity index (χ0v) is 13.4. The number of benzene rings is 2. The first-order chi connectivity index (χ1) is 11.5. The number of rotatable bonds is 2. The maximum absolute atomic E-state index is 12.4. The van der Waals surface area contributed by atoms with Crippen molar-refractivity contribution in [3.05, 3.63) is 75.9 Å². The van der Waals surface area contributed by atoms with Gasteiger partial charge in [-0.05, 0) is 25.0 Å². The van der Waals surface area contributed by atoms with E-state index in [0.29, 0.717) is 21.8 Å². The van der Waals surface area contributed by atoms with Crippen molar-refractivity contribution in [2.24, 2.45) is 4.99 Å². The third-order valence-electron chi connectivity index (χ3n) is 4.31.